The van der Waals surface area contributed by atoms with Crippen LogP contribution in [-0.4, -0.2) is 28.2 Å². The topological polar surface area (TPSA) is 41.9 Å². The molecule has 5 heteroatoms. The summed E-state index contributed by atoms with van der Waals surface area (Å²) < 4.78 is 15.6. The Balaban J connectivity index is 1.36. The van der Waals surface area contributed by atoms with Crippen LogP contribution in [-0.2, 0) is 13.0 Å². The lowest BCUT2D eigenvalue weighted by Gasteiger charge is -2.31. The third kappa shape index (κ3) is 4.62. The van der Waals surface area contributed by atoms with Gasteiger partial charge in [0.25, 0.3) is 0 Å². The molecule has 0 unspecified atom stereocenters. The van der Waals surface area contributed by atoms with Crippen LogP contribution in [0.2, 0.25) is 0 Å². The van der Waals surface area contributed by atoms with Crippen LogP contribution in [0, 0.1) is 5.82 Å². The van der Waals surface area contributed by atoms with Crippen molar-refractivity contribution in [1.82, 2.24) is 14.9 Å². The summed E-state index contributed by atoms with van der Waals surface area (Å²) in [5, 5.41) is 7.39. The van der Waals surface area contributed by atoms with Crippen molar-refractivity contribution in [3.05, 3.63) is 95.8 Å². The van der Waals surface area contributed by atoms with Crippen molar-refractivity contribution in [2.24, 2.45) is 0 Å². The Morgan fingerprint density at radius 2 is 1.71 bits per heavy atom. The van der Waals surface area contributed by atoms with Gasteiger partial charge in [0.2, 0.25) is 5.95 Å². The van der Waals surface area contributed by atoms with Gasteiger partial charge in [-0.3, -0.25) is 0 Å². The van der Waals surface area contributed by atoms with E-state index >= 15 is 0 Å². The molecule has 4 aromatic rings. The van der Waals surface area contributed by atoms with E-state index in [4.69, 9.17) is 4.98 Å². The van der Waals surface area contributed by atoms with Gasteiger partial charge in [0.15, 0.2) is 0 Å². The SMILES string of the molecule is Fc1ccc(Cn2c(N[C@@H]3CCN[C@@H](Cc4ccccc4)C3)nc3ccccc32)cc1. The molecule has 1 aliphatic rings. The fourth-order valence-corrected chi connectivity index (χ4v) is 4.49. The zero-order chi connectivity index (χ0) is 21.0. The van der Waals surface area contributed by atoms with Gasteiger partial charge in [-0.2, -0.15) is 0 Å². The van der Waals surface area contributed by atoms with Crippen LogP contribution in [0.25, 0.3) is 11.0 Å². The molecule has 31 heavy (non-hydrogen) atoms. The number of piperidine rings is 1. The van der Waals surface area contributed by atoms with Crippen LogP contribution < -0.4 is 10.6 Å². The van der Waals surface area contributed by atoms with Gasteiger partial charge >= 0.3 is 0 Å². The van der Waals surface area contributed by atoms with Crippen LogP contribution >= 0.6 is 0 Å². The van der Waals surface area contributed by atoms with Gasteiger partial charge in [0, 0.05) is 12.1 Å². The van der Waals surface area contributed by atoms with Gasteiger partial charge < -0.3 is 15.2 Å². The fourth-order valence-electron chi connectivity index (χ4n) is 4.49. The molecule has 0 saturated carbocycles. The summed E-state index contributed by atoms with van der Waals surface area (Å²) >= 11 is 0. The van der Waals surface area contributed by atoms with Crippen LogP contribution in [0.3, 0.4) is 0 Å². The van der Waals surface area contributed by atoms with Crippen molar-refractivity contribution in [1.29, 1.82) is 0 Å². The Morgan fingerprint density at radius 3 is 2.55 bits per heavy atom. The van der Waals surface area contributed by atoms with Crippen molar-refractivity contribution in [3.8, 4) is 0 Å². The maximum Gasteiger partial charge on any atom is 0.204 e. The van der Waals surface area contributed by atoms with Crippen LogP contribution in [0.5, 0.6) is 0 Å². The van der Waals surface area contributed by atoms with E-state index < -0.39 is 0 Å². The number of aromatic nitrogens is 2. The normalized spacial score (nSPS) is 18.9. The number of hydrogen-bond acceptors (Lipinski definition) is 3. The minimum Gasteiger partial charge on any atom is -0.353 e. The highest BCUT2D eigenvalue weighted by molar-refractivity contribution is 5.78. The van der Waals surface area contributed by atoms with E-state index in [1.54, 1.807) is 0 Å². The van der Waals surface area contributed by atoms with Crippen molar-refractivity contribution in [3.63, 3.8) is 0 Å². The molecule has 0 aliphatic carbocycles. The first-order valence-electron chi connectivity index (χ1n) is 11.0. The molecular weight excluding hydrogens is 387 g/mol. The maximum absolute atomic E-state index is 13.4. The number of nitrogens with zero attached hydrogens (tertiary/aromatic N) is 2. The first kappa shape index (κ1) is 19.8. The van der Waals surface area contributed by atoms with Crippen LogP contribution in [0.4, 0.5) is 10.3 Å². The molecule has 3 aromatic carbocycles. The number of hydrogen-bond donors (Lipinski definition) is 2. The molecule has 158 valence electrons. The summed E-state index contributed by atoms with van der Waals surface area (Å²) in [7, 11) is 0. The molecule has 4 nitrogen and oxygen atoms in total. The van der Waals surface area contributed by atoms with Crippen LogP contribution in [0.1, 0.15) is 24.0 Å². The van der Waals surface area contributed by atoms with E-state index in [2.05, 4.69) is 51.6 Å². The summed E-state index contributed by atoms with van der Waals surface area (Å²) in [6, 6.07) is 26.4. The minimum absolute atomic E-state index is 0.211. The average Bonchev–Trinajstić information content (AvgIpc) is 3.13. The largest absolute Gasteiger partial charge is 0.353 e. The van der Waals surface area contributed by atoms with Crippen molar-refractivity contribution < 1.29 is 4.39 Å². The zero-order valence-electron chi connectivity index (χ0n) is 17.5. The van der Waals surface area contributed by atoms with Gasteiger partial charge in [0.1, 0.15) is 5.82 Å². The maximum atomic E-state index is 13.4. The Bertz CT molecular complexity index is 1140. The summed E-state index contributed by atoms with van der Waals surface area (Å²) in [6.45, 7) is 1.65. The third-order valence-electron chi connectivity index (χ3n) is 6.06. The van der Waals surface area contributed by atoms with Gasteiger partial charge in [0.05, 0.1) is 17.6 Å². The lowest BCUT2D eigenvalue weighted by molar-refractivity contribution is 0.372. The molecule has 1 aromatic heterocycles. The monoisotopic (exact) mass is 414 g/mol. The van der Waals surface area contributed by atoms with E-state index in [9.17, 15) is 4.39 Å². The van der Waals surface area contributed by atoms with Crippen molar-refractivity contribution >= 4 is 17.0 Å². The molecule has 1 saturated heterocycles. The average molecular weight is 415 g/mol. The second-order valence-corrected chi connectivity index (χ2v) is 8.34. The Hall–Kier alpha value is -3.18. The highest BCUT2D eigenvalue weighted by Gasteiger charge is 2.23. The first-order valence-corrected chi connectivity index (χ1v) is 11.0. The van der Waals surface area contributed by atoms with E-state index in [-0.39, 0.29) is 5.82 Å². The number of halogens is 1. The molecular formula is C26H27FN4. The zero-order valence-corrected chi connectivity index (χ0v) is 17.5. The number of fused-ring (bicyclic) bond motifs is 1. The van der Waals surface area contributed by atoms with Gasteiger partial charge in [-0.15, -0.1) is 0 Å². The number of benzene rings is 3. The smallest absolute Gasteiger partial charge is 0.204 e. The van der Waals surface area contributed by atoms with E-state index in [1.165, 1.54) is 17.7 Å². The summed E-state index contributed by atoms with van der Waals surface area (Å²) in [5.74, 6) is 0.674. The molecule has 1 fully saturated rings. The number of anilines is 1. The molecule has 5 rings (SSSR count). The summed E-state index contributed by atoms with van der Waals surface area (Å²) in [4.78, 5) is 4.89. The van der Waals surface area contributed by atoms with Gasteiger partial charge in [-0.25, -0.2) is 9.37 Å². The lowest BCUT2D eigenvalue weighted by atomic mass is 9.94. The van der Waals surface area contributed by atoms with E-state index in [0.717, 1.165) is 48.4 Å². The first-order chi connectivity index (χ1) is 15.2. The minimum atomic E-state index is -0.211. The Morgan fingerprint density at radius 1 is 0.935 bits per heavy atom. The second kappa shape index (κ2) is 8.90. The Labute approximate surface area is 182 Å². The standard InChI is InChI=1S/C26H27FN4/c27-21-12-10-20(11-13-21)18-31-25-9-5-4-8-24(25)30-26(31)29-22-14-15-28-23(17-22)16-19-6-2-1-3-7-19/h1-13,22-23,28H,14-18H2,(H,29,30)/t22-,23+/m1/s1. The molecule has 2 N–H and O–H groups in total. The molecule has 0 amide bonds. The highest BCUT2D eigenvalue weighted by atomic mass is 19.1. The third-order valence-corrected chi connectivity index (χ3v) is 6.06. The molecule has 0 bridgehead atoms. The Kier molecular flexibility index (Phi) is 5.67. The van der Waals surface area contributed by atoms with Gasteiger partial charge in [-0.05, 0) is 61.2 Å². The predicted molar refractivity (Wildman–Crippen MR) is 124 cm³/mol. The highest BCUT2D eigenvalue weighted by Crippen LogP contribution is 2.24. The number of para-hydroxylation sites is 2. The van der Waals surface area contributed by atoms with Gasteiger partial charge in [-0.1, -0.05) is 54.6 Å². The second-order valence-electron chi connectivity index (χ2n) is 8.34. The quantitative estimate of drug-likeness (QED) is 0.467. The molecule has 1 aliphatic heterocycles. The predicted octanol–water partition coefficient (Wildman–Crippen LogP) is 5.00. The summed E-state index contributed by atoms with van der Waals surface area (Å²) in [5.41, 5.74) is 4.48. The lowest BCUT2D eigenvalue weighted by Crippen LogP contribution is -2.44. The van der Waals surface area contributed by atoms with Crippen molar-refractivity contribution in [2.45, 2.75) is 37.9 Å². The van der Waals surface area contributed by atoms with Crippen molar-refractivity contribution in [2.75, 3.05) is 11.9 Å². The fraction of sp³-hybridized carbons (Fsp3) is 0.269. The van der Waals surface area contributed by atoms with Crippen LogP contribution in [0.15, 0.2) is 78.9 Å². The number of imidazole rings is 1. The molecule has 2 atom stereocenters. The molecule has 0 radical (unpaired) electrons. The molecule has 2 heterocycles. The van der Waals surface area contributed by atoms with E-state index in [0.29, 0.717) is 18.6 Å². The molecule has 0 spiro atoms. The van der Waals surface area contributed by atoms with E-state index in [1.807, 2.05) is 30.3 Å². The summed E-state index contributed by atoms with van der Waals surface area (Å²) in [6.07, 6.45) is 3.14. The number of rotatable bonds is 6. The number of nitrogens with one attached hydrogen (secondary N) is 2.